The Bertz CT molecular complexity index is 1410. The molecule has 0 heterocycles. The van der Waals surface area contributed by atoms with Gasteiger partial charge in [0.25, 0.3) is 0 Å². The number of nitrogens with one attached hydrogen (secondary N) is 1. The Labute approximate surface area is 195 Å². The van der Waals surface area contributed by atoms with Gasteiger partial charge in [-0.3, -0.25) is 5.41 Å². The molecule has 0 saturated carbocycles. The fourth-order valence-corrected chi connectivity index (χ4v) is 4.87. The average Bonchev–Trinajstić information content (AvgIpc) is 3.08. The standard InChI is InChI=1S/C30H29N3/c1-5-33(4)29(32-28(31)22-15-14-20-10-6-7-11-21(20)18-22)23-16-17-25-24-12-8-9-13-26(24)30(2,3)27(25)19-23/h6-19,31H,5H2,1-4H3. The predicted octanol–water partition coefficient (Wildman–Crippen LogP) is 6.87. The predicted molar refractivity (Wildman–Crippen MR) is 140 cm³/mol. The Morgan fingerprint density at radius 1 is 0.788 bits per heavy atom. The van der Waals surface area contributed by atoms with Gasteiger partial charge in [-0.25, -0.2) is 4.99 Å². The molecule has 0 atom stereocenters. The van der Waals surface area contributed by atoms with Crippen molar-refractivity contribution in [3.05, 3.63) is 107 Å². The van der Waals surface area contributed by atoms with Crippen molar-refractivity contribution in [3.63, 3.8) is 0 Å². The van der Waals surface area contributed by atoms with Gasteiger partial charge >= 0.3 is 0 Å². The number of fused-ring (bicyclic) bond motifs is 4. The van der Waals surface area contributed by atoms with Crippen LogP contribution in [0.15, 0.2) is 89.9 Å². The summed E-state index contributed by atoms with van der Waals surface area (Å²) in [6.07, 6.45) is 0. The summed E-state index contributed by atoms with van der Waals surface area (Å²) in [5.74, 6) is 1.10. The summed E-state index contributed by atoms with van der Waals surface area (Å²) in [6.45, 7) is 7.50. The average molecular weight is 432 g/mol. The molecule has 1 aliphatic rings. The van der Waals surface area contributed by atoms with E-state index in [2.05, 4.69) is 86.3 Å². The SMILES string of the molecule is CCN(C)C(=NC(=N)c1ccc2ccccc2c1)c1ccc2c(c1)C(C)(C)c1ccccc1-2. The van der Waals surface area contributed by atoms with Crippen molar-refractivity contribution >= 4 is 22.4 Å². The van der Waals surface area contributed by atoms with Crippen LogP contribution in [0.2, 0.25) is 0 Å². The number of amidine groups is 2. The molecule has 0 unspecified atom stereocenters. The molecule has 0 spiro atoms. The highest BCUT2D eigenvalue weighted by atomic mass is 15.2. The lowest BCUT2D eigenvalue weighted by atomic mass is 9.82. The number of benzene rings is 4. The third-order valence-corrected chi connectivity index (χ3v) is 6.92. The van der Waals surface area contributed by atoms with Crippen LogP contribution in [-0.2, 0) is 5.41 Å². The van der Waals surface area contributed by atoms with Crippen LogP contribution in [-0.4, -0.2) is 30.2 Å². The van der Waals surface area contributed by atoms with Crippen molar-refractivity contribution in [2.24, 2.45) is 4.99 Å². The van der Waals surface area contributed by atoms with Crippen LogP contribution in [0.3, 0.4) is 0 Å². The smallest absolute Gasteiger partial charge is 0.154 e. The van der Waals surface area contributed by atoms with Gasteiger partial charge in [-0.15, -0.1) is 0 Å². The van der Waals surface area contributed by atoms with Gasteiger partial charge in [0, 0.05) is 30.1 Å². The summed E-state index contributed by atoms with van der Waals surface area (Å²) < 4.78 is 0. The van der Waals surface area contributed by atoms with Crippen molar-refractivity contribution in [1.82, 2.24) is 4.90 Å². The molecule has 1 N–H and O–H groups in total. The maximum atomic E-state index is 8.78. The lowest BCUT2D eigenvalue weighted by Crippen LogP contribution is -2.29. The zero-order chi connectivity index (χ0) is 23.2. The Balaban J connectivity index is 1.58. The molecule has 4 aromatic rings. The molecule has 3 nitrogen and oxygen atoms in total. The molecular weight excluding hydrogens is 402 g/mol. The van der Waals surface area contributed by atoms with Crippen LogP contribution in [0.4, 0.5) is 0 Å². The van der Waals surface area contributed by atoms with E-state index in [1.807, 2.05) is 31.3 Å². The summed E-state index contributed by atoms with van der Waals surface area (Å²) >= 11 is 0. The second kappa shape index (κ2) is 8.00. The van der Waals surface area contributed by atoms with E-state index in [9.17, 15) is 0 Å². The Hall–Kier alpha value is -3.72. The van der Waals surface area contributed by atoms with E-state index in [4.69, 9.17) is 10.4 Å². The molecule has 0 fully saturated rings. The first-order chi connectivity index (χ1) is 15.9. The lowest BCUT2D eigenvalue weighted by Gasteiger charge is -2.24. The molecule has 3 heteroatoms. The highest BCUT2D eigenvalue weighted by Crippen LogP contribution is 2.48. The van der Waals surface area contributed by atoms with E-state index in [1.165, 1.54) is 27.6 Å². The Morgan fingerprint density at radius 2 is 1.45 bits per heavy atom. The first kappa shape index (κ1) is 21.1. The van der Waals surface area contributed by atoms with Crippen molar-refractivity contribution in [1.29, 1.82) is 5.41 Å². The molecule has 1 aliphatic carbocycles. The van der Waals surface area contributed by atoms with Crippen molar-refractivity contribution < 1.29 is 0 Å². The fourth-order valence-electron chi connectivity index (χ4n) is 4.87. The van der Waals surface area contributed by atoms with Gasteiger partial charge in [0.15, 0.2) is 5.84 Å². The van der Waals surface area contributed by atoms with E-state index >= 15 is 0 Å². The van der Waals surface area contributed by atoms with Gasteiger partial charge in [-0.1, -0.05) is 86.6 Å². The minimum Gasteiger partial charge on any atom is -0.359 e. The zero-order valence-electron chi connectivity index (χ0n) is 19.7. The largest absolute Gasteiger partial charge is 0.359 e. The number of aliphatic imine (C=N–C) groups is 1. The van der Waals surface area contributed by atoms with Gasteiger partial charge in [-0.2, -0.15) is 0 Å². The summed E-state index contributed by atoms with van der Waals surface area (Å²) in [6, 6.07) is 29.6. The van der Waals surface area contributed by atoms with Crippen molar-refractivity contribution in [3.8, 4) is 11.1 Å². The number of hydrogen-bond acceptors (Lipinski definition) is 1. The van der Waals surface area contributed by atoms with Gasteiger partial charge in [0.1, 0.15) is 5.84 Å². The topological polar surface area (TPSA) is 39.5 Å². The van der Waals surface area contributed by atoms with E-state index < -0.39 is 0 Å². The van der Waals surface area contributed by atoms with E-state index in [1.54, 1.807) is 0 Å². The molecule has 0 bridgehead atoms. The zero-order valence-corrected chi connectivity index (χ0v) is 19.7. The quantitative estimate of drug-likeness (QED) is 0.279. The first-order valence-electron chi connectivity index (χ1n) is 11.5. The second-order valence-electron chi connectivity index (χ2n) is 9.29. The van der Waals surface area contributed by atoms with Crippen LogP contribution < -0.4 is 0 Å². The highest BCUT2D eigenvalue weighted by molar-refractivity contribution is 6.11. The molecule has 33 heavy (non-hydrogen) atoms. The third kappa shape index (κ3) is 3.54. The van der Waals surface area contributed by atoms with E-state index in [0.29, 0.717) is 0 Å². The van der Waals surface area contributed by atoms with Crippen LogP contribution in [0.1, 0.15) is 43.0 Å². The normalized spacial score (nSPS) is 14.1. The third-order valence-electron chi connectivity index (χ3n) is 6.92. The van der Waals surface area contributed by atoms with Gasteiger partial charge in [0.05, 0.1) is 0 Å². The number of nitrogens with zero attached hydrogens (tertiary/aromatic N) is 2. The minimum absolute atomic E-state index is 0.0658. The van der Waals surface area contributed by atoms with Crippen LogP contribution in [0.5, 0.6) is 0 Å². The Morgan fingerprint density at radius 3 is 2.24 bits per heavy atom. The summed E-state index contributed by atoms with van der Waals surface area (Å²) in [5.41, 5.74) is 7.09. The summed E-state index contributed by atoms with van der Waals surface area (Å²) in [4.78, 5) is 6.96. The van der Waals surface area contributed by atoms with Gasteiger partial charge in [-0.05, 0) is 52.1 Å². The number of rotatable bonds is 3. The van der Waals surface area contributed by atoms with Crippen LogP contribution >= 0.6 is 0 Å². The highest BCUT2D eigenvalue weighted by Gasteiger charge is 2.35. The molecule has 164 valence electrons. The van der Waals surface area contributed by atoms with Crippen molar-refractivity contribution in [2.45, 2.75) is 26.2 Å². The van der Waals surface area contributed by atoms with Crippen LogP contribution in [0.25, 0.3) is 21.9 Å². The van der Waals surface area contributed by atoms with E-state index in [0.717, 1.165) is 28.9 Å². The van der Waals surface area contributed by atoms with Crippen LogP contribution in [0, 0.1) is 5.41 Å². The molecule has 0 amide bonds. The molecule has 0 aromatic heterocycles. The second-order valence-corrected chi connectivity index (χ2v) is 9.29. The lowest BCUT2D eigenvalue weighted by molar-refractivity contribution is 0.537. The minimum atomic E-state index is -0.0658. The summed E-state index contributed by atoms with van der Waals surface area (Å²) in [5, 5.41) is 11.1. The van der Waals surface area contributed by atoms with Crippen molar-refractivity contribution in [2.75, 3.05) is 13.6 Å². The van der Waals surface area contributed by atoms with E-state index in [-0.39, 0.29) is 11.3 Å². The maximum absolute atomic E-state index is 8.78. The fraction of sp³-hybridized carbons (Fsp3) is 0.200. The maximum Gasteiger partial charge on any atom is 0.154 e. The van der Waals surface area contributed by atoms with Gasteiger partial charge in [0.2, 0.25) is 0 Å². The monoisotopic (exact) mass is 431 g/mol. The molecule has 0 radical (unpaired) electrons. The Kier molecular flexibility index (Phi) is 5.13. The molecule has 5 rings (SSSR count). The molecule has 0 aliphatic heterocycles. The molecule has 0 saturated heterocycles. The van der Waals surface area contributed by atoms with Gasteiger partial charge < -0.3 is 4.90 Å². The molecular formula is C30H29N3. The molecule has 4 aromatic carbocycles. The first-order valence-corrected chi connectivity index (χ1v) is 11.5. The summed E-state index contributed by atoms with van der Waals surface area (Å²) in [7, 11) is 2.04. The number of hydrogen-bond donors (Lipinski definition) is 1.